The number of benzene rings is 1. The number of carbonyl (C=O) groups is 1. The van der Waals surface area contributed by atoms with Crippen molar-refractivity contribution in [1.82, 2.24) is 5.32 Å². The van der Waals surface area contributed by atoms with Crippen molar-refractivity contribution in [3.05, 3.63) is 29.8 Å². The van der Waals surface area contributed by atoms with Crippen LogP contribution in [0.5, 0.6) is 5.75 Å². The zero-order chi connectivity index (χ0) is 15.2. The first kappa shape index (κ1) is 15.8. The Morgan fingerprint density at radius 3 is 2.90 bits per heavy atom. The SMILES string of the molecule is CC(C)Oc1cccc(CC(=O)NCC2CCCC2O)c1. The first-order chi connectivity index (χ1) is 10.0. The summed E-state index contributed by atoms with van der Waals surface area (Å²) in [5.74, 6) is 1.00. The monoisotopic (exact) mass is 291 g/mol. The van der Waals surface area contributed by atoms with Crippen LogP contribution in [0.1, 0.15) is 38.7 Å². The molecule has 0 spiro atoms. The molecule has 0 heterocycles. The molecular weight excluding hydrogens is 266 g/mol. The highest BCUT2D eigenvalue weighted by Gasteiger charge is 2.25. The summed E-state index contributed by atoms with van der Waals surface area (Å²) in [5.41, 5.74) is 0.942. The van der Waals surface area contributed by atoms with Gasteiger partial charge in [-0.25, -0.2) is 0 Å². The number of hydrogen-bond acceptors (Lipinski definition) is 3. The molecule has 0 aliphatic heterocycles. The van der Waals surface area contributed by atoms with Gasteiger partial charge in [-0.3, -0.25) is 4.79 Å². The molecule has 0 radical (unpaired) electrons. The second-order valence-electron chi connectivity index (χ2n) is 6.05. The summed E-state index contributed by atoms with van der Waals surface area (Å²) in [6, 6.07) is 7.64. The quantitative estimate of drug-likeness (QED) is 0.845. The molecule has 1 aromatic carbocycles. The highest BCUT2D eigenvalue weighted by Crippen LogP contribution is 2.24. The van der Waals surface area contributed by atoms with E-state index in [1.807, 2.05) is 38.1 Å². The lowest BCUT2D eigenvalue weighted by atomic mass is 10.1. The minimum atomic E-state index is -0.256. The molecule has 1 aliphatic rings. The maximum Gasteiger partial charge on any atom is 0.224 e. The van der Waals surface area contributed by atoms with E-state index in [1.54, 1.807) is 0 Å². The van der Waals surface area contributed by atoms with Crippen molar-refractivity contribution in [1.29, 1.82) is 0 Å². The van der Waals surface area contributed by atoms with E-state index in [-0.39, 0.29) is 24.0 Å². The van der Waals surface area contributed by atoms with E-state index in [4.69, 9.17) is 4.74 Å². The number of nitrogens with one attached hydrogen (secondary N) is 1. The van der Waals surface area contributed by atoms with Crippen LogP contribution in [-0.4, -0.2) is 29.8 Å². The minimum absolute atomic E-state index is 0.00389. The second kappa shape index (κ2) is 7.46. The highest BCUT2D eigenvalue weighted by atomic mass is 16.5. The van der Waals surface area contributed by atoms with E-state index in [2.05, 4.69) is 5.32 Å². The molecule has 1 saturated carbocycles. The summed E-state index contributed by atoms with van der Waals surface area (Å²) >= 11 is 0. The van der Waals surface area contributed by atoms with Gasteiger partial charge in [0, 0.05) is 12.5 Å². The Bertz CT molecular complexity index is 473. The molecule has 4 heteroatoms. The van der Waals surface area contributed by atoms with Crippen molar-refractivity contribution in [2.75, 3.05) is 6.54 Å². The Morgan fingerprint density at radius 1 is 1.43 bits per heavy atom. The molecule has 1 amide bonds. The number of rotatable bonds is 6. The Balaban J connectivity index is 1.81. The third-order valence-corrected chi connectivity index (χ3v) is 3.82. The Kier molecular flexibility index (Phi) is 5.62. The van der Waals surface area contributed by atoms with Crippen LogP contribution in [-0.2, 0) is 11.2 Å². The standard InChI is InChI=1S/C17H25NO3/c1-12(2)21-15-7-3-5-13(9-15)10-17(20)18-11-14-6-4-8-16(14)19/h3,5,7,9,12,14,16,19H,4,6,8,10-11H2,1-2H3,(H,18,20). The maximum absolute atomic E-state index is 12.0. The van der Waals surface area contributed by atoms with Gasteiger partial charge in [0.25, 0.3) is 0 Å². The summed E-state index contributed by atoms with van der Waals surface area (Å²) in [4.78, 5) is 12.0. The zero-order valence-electron chi connectivity index (χ0n) is 12.8. The van der Waals surface area contributed by atoms with Gasteiger partial charge in [0.05, 0.1) is 18.6 Å². The summed E-state index contributed by atoms with van der Waals surface area (Å²) in [7, 11) is 0. The fourth-order valence-corrected chi connectivity index (χ4v) is 2.75. The summed E-state index contributed by atoms with van der Waals surface area (Å²) in [5, 5.41) is 12.7. The first-order valence-electron chi connectivity index (χ1n) is 7.75. The summed E-state index contributed by atoms with van der Waals surface area (Å²) in [6.07, 6.45) is 3.12. The van der Waals surface area contributed by atoms with Gasteiger partial charge in [0.15, 0.2) is 0 Å². The average Bonchev–Trinajstić information content (AvgIpc) is 2.81. The average molecular weight is 291 g/mol. The lowest BCUT2D eigenvalue weighted by Gasteiger charge is -2.15. The zero-order valence-corrected chi connectivity index (χ0v) is 12.8. The van der Waals surface area contributed by atoms with Gasteiger partial charge >= 0.3 is 0 Å². The van der Waals surface area contributed by atoms with Crippen LogP contribution < -0.4 is 10.1 Å². The van der Waals surface area contributed by atoms with Crippen molar-refractivity contribution in [3.8, 4) is 5.75 Å². The van der Waals surface area contributed by atoms with Crippen LogP contribution in [0.15, 0.2) is 24.3 Å². The number of amides is 1. The number of ether oxygens (including phenoxy) is 1. The van der Waals surface area contributed by atoms with Crippen molar-refractivity contribution < 1.29 is 14.6 Å². The van der Waals surface area contributed by atoms with Gasteiger partial charge in [-0.15, -0.1) is 0 Å². The molecule has 0 aromatic heterocycles. The minimum Gasteiger partial charge on any atom is -0.491 e. The highest BCUT2D eigenvalue weighted by molar-refractivity contribution is 5.78. The number of aliphatic hydroxyl groups excluding tert-OH is 1. The molecule has 2 rings (SSSR count). The van der Waals surface area contributed by atoms with E-state index < -0.39 is 0 Å². The van der Waals surface area contributed by atoms with Crippen LogP contribution >= 0.6 is 0 Å². The molecule has 2 unspecified atom stereocenters. The van der Waals surface area contributed by atoms with E-state index >= 15 is 0 Å². The van der Waals surface area contributed by atoms with Crippen LogP contribution in [0.2, 0.25) is 0 Å². The van der Waals surface area contributed by atoms with Crippen molar-refractivity contribution >= 4 is 5.91 Å². The van der Waals surface area contributed by atoms with Gasteiger partial charge in [-0.1, -0.05) is 18.6 Å². The van der Waals surface area contributed by atoms with E-state index in [9.17, 15) is 9.90 Å². The topological polar surface area (TPSA) is 58.6 Å². The lowest BCUT2D eigenvalue weighted by Crippen LogP contribution is -2.33. The smallest absolute Gasteiger partial charge is 0.224 e. The number of aliphatic hydroxyl groups is 1. The normalized spacial score (nSPS) is 21.5. The molecule has 0 bridgehead atoms. The first-order valence-corrected chi connectivity index (χ1v) is 7.75. The van der Waals surface area contributed by atoms with Gasteiger partial charge in [0.2, 0.25) is 5.91 Å². The van der Waals surface area contributed by atoms with E-state index in [0.29, 0.717) is 13.0 Å². The Morgan fingerprint density at radius 2 is 2.24 bits per heavy atom. The van der Waals surface area contributed by atoms with Gasteiger partial charge in [-0.2, -0.15) is 0 Å². The molecule has 2 atom stereocenters. The maximum atomic E-state index is 12.0. The lowest BCUT2D eigenvalue weighted by molar-refractivity contribution is -0.120. The van der Waals surface area contributed by atoms with Crippen LogP contribution in [0, 0.1) is 5.92 Å². The molecule has 2 N–H and O–H groups in total. The fraction of sp³-hybridized carbons (Fsp3) is 0.588. The van der Waals surface area contributed by atoms with Gasteiger partial charge in [-0.05, 0) is 44.4 Å². The van der Waals surface area contributed by atoms with Gasteiger partial charge < -0.3 is 15.2 Å². The molecule has 4 nitrogen and oxygen atoms in total. The van der Waals surface area contributed by atoms with Crippen molar-refractivity contribution in [2.24, 2.45) is 5.92 Å². The molecule has 1 fully saturated rings. The predicted molar refractivity (Wildman–Crippen MR) is 82.3 cm³/mol. The third-order valence-electron chi connectivity index (χ3n) is 3.82. The second-order valence-corrected chi connectivity index (χ2v) is 6.05. The summed E-state index contributed by atoms with van der Waals surface area (Å²) < 4.78 is 5.63. The molecule has 21 heavy (non-hydrogen) atoms. The predicted octanol–water partition coefficient (Wildman–Crippen LogP) is 2.29. The molecule has 0 saturated heterocycles. The molecule has 116 valence electrons. The van der Waals surface area contributed by atoms with E-state index in [1.165, 1.54) is 0 Å². The van der Waals surface area contributed by atoms with E-state index in [0.717, 1.165) is 30.6 Å². The van der Waals surface area contributed by atoms with Gasteiger partial charge in [0.1, 0.15) is 5.75 Å². The Hall–Kier alpha value is -1.55. The molecular formula is C17H25NO3. The van der Waals surface area contributed by atoms with Crippen molar-refractivity contribution in [3.63, 3.8) is 0 Å². The molecule has 1 aliphatic carbocycles. The number of hydrogen-bond donors (Lipinski definition) is 2. The van der Waals surface area contributed by atoms with Crippen LogP contribution in [0.3, 0.4) is 0 Å². The van der Waals surface area contributed by atoms with Crippen LogP contribution in [0.25, 0.3) is 0 Å². The Labute approximate surface area is 126 Å². The third kappa shape index (κ3) is 5.05. The number of carbonyl (C=O) groups excluding carboxylic acids is 1. The molecule has 1 aromatic rings. The van der Waals surface area contributed by atoms with Crippen LogP contribution in [0.4, 0.5) is 0 Å². The largest absolute Gasteiger partial charge is 0.491 e. The summed E-state index contributed by atoms with van der Waals surface area (Å²) in [6.45, 7) is 4.53. The fourth-order valence-electron chi connectivity index (χ4n) is 2.75. The van der Waals surface area contributed by atoms with Crippen molar-refractivity contribution in [2.45, 2.75) is 51.7 Å².